The summed E-state index contributed by atoms with van der Waals surface area (Å²) in [5, 5.41) is 13.3. The van der Waals surface area contributed by atoms with Crippen molar-refractivity contribution in [3.8, 4) is 0 Å². The van der Waals surface area contributed by atoms with E-state index in [9.17, 15) is 0 Å². The van der Waals surface area contributed by atoms with Gasteiger partial charge in [0.05, 0.1) is 24.9 Å². The normalized spacial score (nSPS) is 18.9. The van der Waals surface area contributed by atoms with Crippen molar-refractivity contribution in [3.05, 3.63) is 18.0 Å². The van der Waals surface area contributed by atoms with Gasteiger partial charge in [0.15, 0.2) is 5.96 Å². The van der Waals surface area contributed by atoms with Crippen LogP contribution in [0.5, 0.6) is 0 Å². The van der Waals surface area contributed by atoms with Gasteiger partial charge in [-0.3, -0.25) is 10.1 Å². The maximum Gasteiger partial charge on any atom is 0.191 e. The molecule has 0 aromatic carbocycles. The van der Waals surface area contributed by atoms with E-state index in [0.717, 1.165) is 50.7 Å². The summed E-state index contributed by atoms with van der Waals surface area (Å²) < 4.78 is 11.1. The van der Waals surface area contributed by atoms with Crippen LogP contribution < -0.4 is 10.6 Å². The van der Waals surface area contributed by atoms with E-state index in [1.54, 1.807) is 13.2 Å². The predicted octanol–water partition coefficient (Wildman–Crippen LogP) is 0.660. The Morgan fingerprint density at radius 1 is 1.57 bits per heavy atom. The summed E-state index contributed by atoms with van der Waals surface area (Å²) in [7, 11) is 1.76. The lowest BCUT2D eigenvalue weighted by Crippen LogP contribution is -2.37. The first kappa shape index (κ1) is 15.8. The van der Waals surface area contributed by atoms with Crippen LogP contribution in [0.4, 0.5) is 0 Å². The lowest BCUT2D eigenvalue weighted by molar-refractivity contribution is 0.0168. The quantitative estimate of drug-likeness (QED) is 0.373. The van der Waals surface area contributed by atoms with E-state index >= 15 is 0 Å². The Bertz CT molecular complexity index is 402. The van der Waals surface area contributed by atoms with Gasteiger partial charge in [0.1, 0.15) is 0 Å². The van der Waals surface area contributed by atoms with Crippen molar-refractivity contribution in [2.45, 2.75) is 31.9 Å². The molecule has 0 aliphatic carbocycles. The number of hydrogen-bond acceptors (Lipinski definition) is 4. The number of aromatic amines is 1. The molecule has 0 radical (unpaired) electrons. The average molecular weight is 295 g/mol. The molecule has 118 valence electrons. The molecule has 2 rings (SSSR count). The molecule has 0 bridgehead atoms. The summed E-state index contributed by atoms with van der Waals surface area (Å²) in [4.78, 5) is 4.17. The molecule has 1 aromatic heterocycles. The second kappa shape index (κ2) is 9.36. The fourth-order valence-corrected chi connectivity index (χ4v) is 2.15. The van der Waals surface area contributed by atoms with Crippen molar-refractivity contribution in [2.75, 3.05) is 33.4 Å². The predicted molar refractivity (Wildman–Crippen MR) is 81.2 cm³/mol. The maximum absolute atomic E-state index is 5.61. The molecular formula is C14H25N5O2. The average Bonchev–Trinajstić information content (AvgIpc) is 3.19. The van der Waals surface area contributed by atoms with E-state index in [2.05, 4.69) is 25.8 Å². The summed E-state index contributed by atoms with van der Waals surface area (Å²) in [5.74, 6) is 0.781. The SMILES string of the molecule is CN=C(NCCCOCC1CCCO1)NCc1ccn[nH]1. The minimum Gasteiger partial charge on any atom is -0.379 e. The lowest BCUT2D eigenvalue weighted by atomic mass is 10.2. The largest absolute Gasteiger partial charge is 0.379 e. The molecule has 2 heterocycles. The zero-order valence-corrected chi connectivity index (χ0v) is 12.6. The third-order valence-electron chi connectivity index (χ3n) is 3.31. The smallest absolute Gasteiger partial charge is 0.191 e. The van der Waals surface area contributed by atoms with Crippen molar-refractivity contribution in [2.24, 2.45) is 4.99 Å². The van der Waals surface area contributed by atoms with Crippen molar-refractivity contribution in [1.29, 1.82) is 0 Å². The number of rotatable bonds is 8. The standard InChI is InChI=1S/C14H25N5O2/c1-15-14(17-10-12-5-7-18-19-12)16-6-3-8-20-11-13-4-2-9-21-13/h5,7,13H,2-4,6,8-11H2,1H3,(H,18,19)(H2,15,16,17). The molecule has 21 heavy (non-hydrogen) atoms. The van der Waals surface area contributed by atoms with Crippen LogP contribution in [0.25, 0.3) is 0 Å². The zero-order valence-electron chi connectivity index (χ0n) is 12.6. The molecule has 0 amide bonds. The molecule has 3 N–H and O–H groups in total. The zero-order chi connectivity index (χ0) is 14.8. The minimum atomic E-state index is 0.307. The number of hydrogen-bond donors (Lipinski definition) is 3. The van der Waals surface area contributed by atoms with Gasteiger partial charge in [-0.25, -0.2) is 0 Å². The van der Waals surface area contributed by atoms with Crippen LogP contribution in [-0.2, 0) is 16.0 Å². The van der Waals surface area contributed by atoms with Crippen LogP contribution in [0.2, 0.25) is 0 Å². The maximum atomic E-state index is 5.61. The van der Waals surface area contributed by atoms with Crippen LogP contribution in [-0.4, -0.2) is 55.7 Å². The van der Waals surface area contributed by atoms with Gasteiger partial charge >= 0.3 is 0 Å². The Hall–Kier alpha value is -1.60. The van der Waals surface area contributed by atoms with E-state index in [0.29, 0.717) is 19.3 Å². The second-order valence-electron chi connectivity index (χ2n) is 5.00. The number of H-pyrrole nitrogens is 1. The van der Waals surface area contributed by atoms with Crippen molar-refractivity contribution < 1.29 is 9.47 Å². The van der Waals surface area contributed by atoms with Crippen molar-refractivity contribution in [1.82, 2.24) is 20.8 Å². The molecule has 1 unspecified atom stereocenters. The fourth-order valence-electron chi connectivity index (χ4n) is 2.15. The van der Waals surface area contributed by atoms with Gasteiger partial charge in [-0.05, 0) is 25.3 Å². The molecule has 1 atom stereocenters. The highest BCUT2D eigenvalue weighted by Crippen LogP contribution is 2.11. The number of aromatic nitrogens is 2. The van der Waals surface area contributed by atoms with Crippen molar-refractivity contribution >= 4 is 5.96 Å². The van der Waals surface area contributed by atoms with Crippen LogP contribution in [0.3, 0.4) is 0 Å². The van der Waals surface area contributed by atoms with E-state index in [4.69, 9.17) is 9.47 Å². The molecule has 1 aliphatic rings. The number of ether oxygens (including phenoxy) is 2. The first-order valence-electron chi connectivity index (χ1n) is 7.50. The Balaban J connectivity index is 1.48. The van der Waals surface area contributed by atoms with Crippen LogP contribution in [0.15, 0.2) is 17.3 Å². The summed E-state index contributed by atoms with van der Waals surface area (Å²) in [6.45, 7) is 3.84. The van der Waals surface area contributed by atoms with Gasteiger partial charge in [-0.2, -0.15) is 5.10 Å². The first-order valence-corrected chi connectivity index (χ1v) is 7.50. The molecule has 0 spiro atoms. The van der Waals surface area contributed by atoms with Gasteiger partial charge in [0, 0.05) is 33.0 Å². The Labute approximate surface area is 125 Å². The summed E-state index contributed by atoms with van der Waals surface area (Å²) >= 11 is 0. The minimum absolute atomic E-state index is 0.307. The molecule has 7 nitrogen and oxygen atoms in total. The Morgan fingerprint density at radius 2 is 2.52 bits per heavy atom. The van der Waals surface area contributed by atoms with E-state index in [1.807, 2.05) is 6.07 Å². The molecular weight excluding hydrogens is 270 g/mol. The number of nitrogens with one attached hydrogen (secondary N) is 3. The van der Waals surface area contributed by atoms with Crippen LogP contribution in [0.1, 0.15) is 25.0 Å². The van der Waals surface area contributed by atoms with Gasteiger partial charge in [0.2, 0.25) is 0 Å². The summed E-state index contributed by atoms with van der Waals surface area (Å²) in [5.41, 5.74) is 1.03. The van der Waals surface area contributed by atoms with Gasteiger partial charge in [-0.1, -0.05) is 0 Å². The molecule has 1 saturated heterocycles. The number of nitrogens with zero attached hydrogens (tertiary/aromatic N) is 2. The highest BCUT2D eigenvalue weighted by Gasteiger charge is 2.14. The number of aliphatic imine (C=N–C) groups is 1. The van der Waals surface area contributed by atoms with Gasteiger partial charge < -0.3 is 20.1 Å². The van der Waals surface area contributed by atoms with Gasteiger partial charge in [0.25, 0.3) is 0 Å². The summed E-state index contributed by atoms with van der Waals surface area (Å²) in [6, 6.07) is 1.93. The molecule has 7 heteroatoms. The lowest BCUT2D eigenvalue weighted by Gasteiger charge is -2.12. The molecule has 1 fully saturated rings. The fraction of sp³-hybridized carbons (Fsp3) is 0.714. The van der Waals surface area contributed by atoms with Gasteiger partial charge in [-0.15, -0.1) is 0 Å². The third kappa shape index (κ3) is 6.14. The highest BCUT2D eigenvalue weighted by atomic mass is 16.5. The van der Waals surface area contributed by atoms with Crippen LogP contribution >= 0.6 is 0 Å². The monoisotopic (exact) mass is 295 g/mol. The van der Waals surface area contributed by atoms with Crippen molar-refractivity contribution in [3.63, 3.8) is 0 Å². The third-order valence-corrected chi connectivity index (χ3v) is 3.31. The number of guanidine groups is 1. The highest BCUT2D eigenvalue weighted by molar-refractivity contribution is 5.79. The second-order valence-corrected chi connectivity index (χ2v) is 5.00. The van der Waals surface area contributed by atoms with E-state index in [-0.39, 0.29) is 0 Å². The molecule has 1 aromatic rings. The van der Waals surface area contributed by atoms with E-state index in [1.165, 1.54) is 0 Å². The Kier molecular flexibility index (Phi) is 7.03. The molecule has 0 saturated carbocycles. The van der Waals surface area contributed by atoms with Crippen LogP contribution in [0, 0.1) is 0 Å². The molecule has 1 aliphatic heterocycles. The first-order chi connectivity index (χ1) is 10.4. The summed E-state index contributed by atoms with van der Waals surface area (Å²) in [6.07, 6.45) is 5.27. The Morgan fingerprint density at radius 3 is 3.24 bits per heavy atom. The topological polar surface area (TPSA) is 83.6 Å². The van der Waals surface area contributed by atoms with E-state index < -0.39 is 0 Å².